The second-order valence-corrected chi connectivity index (χ2v) is 11.5. The molecule has 0 atom stereocenters. The van der Waals surface area contributed by atoms with Gasteiger partial charge in [0.15, 0.2) is 5.13 Å². The van der Waals surface area contributed by atoms with Crippen molar-refractivity contribution >= 4 is 55.0 Å². The summed E-state index contributed by atoms with van der Waals surface area (Å²) in [6.07, 6.45) is 0. The topological polar surface area (TPSA) is 79.4 Å². The normalized spacial score (nSPS) is 11.5. The van der Waals surface area contributed by atoms with Crippen molar-refractivity contribution < 1.29 is 13.2 Å². The van der Waals surface area contributed by atoms with E-state index in [1.54, 1.807) is 6.92 Å². The van der Waals surface area contributed by atoms with Gasteiger partial charge in [0.05, 0.1) is 10.6 Å². The summed E-state index contributed by atoms with van der Waals surface area (Å²) in [7, 11) is -3.69. The molecule has 9 heteroatoms. The molecule has 6 nitrogen and oxygen atoms in total. The van der Waals surface area contributed by atoms with Gasteiger partial charge in [0.1, 0.15) is 0 Å². The highest BCUT2D eigenvalue weighted by Gasteiger charge is 2.23. The van der Waals surface area contributed by atoms with Crippen LogP contribution in [0.4, 0.5) is 5.13 Å². The number of thiazole rings is 1. The largest absolute Gasteiger partial charge is 0.298 e. The van der Waals surface area contributed by atoms with E-state index in [9.17, 15) is 13.2 Å². The second kappa shape index (κ2) is 10.8. The minimum absolute atomic E-state index is 0.150. The van der Waals surface area contributed by atoms with Crippen LogP contribution in [0.2, 0.25) is 0 Å². The Hall–Kier alpha value is -2.60. The number of benzene rings is 3. The molecule has 174 valence electrons. The number of halogens is 1. The van der Waals surface area contributed by atoms with Gasteiger partial charge >= 0.3 is 0 Å². The first-order chi connectivity index (χ1) is 16.4. The Morgan fingerprint density at radius 1 is 1.00 bits per heavy atom. The zero-order valence-electron chi connectivity index (χ0n) is 18.3. The van der Waals surface area contributed by atoms with Crippen LogP contribution < -0.4 is 5.32 Å². The van der Waals surface area contributed by atoms with Gasteiger partial charge in [0.2, 0.25) is 10.0 Å². The highest BCUT2D eigenvalue weighted by atomic mass is 127. The van der Waals surface area contributed by atoms with E-state index in [-0.39, 0.29) is 17.3 Å². The van der Waals surface area contributed by atoms with E-state index in [4.69, 9.17) is 0 Å². The van der Waals surface area contributed by atoms with Gasteiger partial charge < -0.3 is 0 Å². The fourth-order valence-electron chi connectivity index (χ4n) is 3.33. The molecule has 0 saturated carbocycles. The predicted octanol–water partition coefficient (Wildman–Crippen LogP) is 5.88. The summed E-state index contributed by atoms with van der Waals surface area (Å²) in [5.74, 6) is -0.343. The van der Waals surface area contributed by atoms with Gasteiger partial charge in [-0.3, -0.25) is 10.1 Å². The molecule has 0 fully saturated rings. The van der Waals surface area contributed by atoms with Crippen molar-refractivity contribution in [2.45, 2.75) is 18.4 Å². The molecule has 0 saturated heterocycles. The van der Waals surface area contributed by atoms with Crippen molar-refractivity contribution in [3.05, 3.63) is 98.9 Å². The van der Waals surface area contributed by atoms with Gasteiger partial charge in [-0.15, -0.1) is 11.3 Å². The second-order valence-electron chi connectivity index (χ2n) is 7.44. The number of hydrogen-bond acceptors (Lipinski definition) is 5. The molecule has 1 amide bonds. The van der Waals surface area contributed by atoms with Crippen LogP contribution in [0.5, 0.6) is 0 Å². The van der Waals surface area contributed by atoms with Gasteiger partial charge in [-0.25, -0.2) is 13.4 Å². The van der Waals surface area contributed by atoms with Crippen LogP contribution in [0.3, 0.4) is 0 Å². The van der Waals surface area contributed by atoms with Crippen LogP contribution in [-0.4, -0.2) is 30.2 Å². The summed E-state index contributed by atoms with van der Waals surface area (Å²) in [5.41, 5.74) is 3.03. The molecule has 0 unspecified atom stereocenters. The van der Waals surface area contributed by atoms with Crippen molar-refractivity contribution in [1.29, 1.82) is 0 Å². The molecule has 0 aliphatic carbocycles. The molecule has 0 bridgehead atoms. The number of carbonyl (C=O) groups excluding carboxylic acids is 1. The maximum Gasteiger partial charge on any atom is 0.257 e. The first-order valence-electron chi connectivity index (χ1n) is 10.5. The predicted molar refractivity (Wildman–Crippen MR) is 144 cm³/mol. The number of hydrogen-bond donors (Lipinski definition) is 1. The van der Waals surface area contributed by atoms with E-state index >= 15 is 0 Å². The molecule has 0 aliphatic heterocycles. The minimum atomic E-state index is -3.69. The number of amides is 1. The minimum Gasteiger partial charge on any atom is -0.298 e. The number of nitrogens with zero attached hydrogens (tertiary/aromatic N) is 2. The number of rotatable bonds is 8. The van der Waals surface area contributed by atoms with Gasteiger partial charge in [-0.05, 0) is 64.6 Å². The molecule has 4 rings (SSSR count). The number of carbonyl (C=O) groups is 1. The Kier molecular flexibility index (Phi) is 7.77. The monoisotopic (exact) mass is 603 g/mol. The number of aromatic nitrogens is 1. The molecule has 0 spiro atoms. The number of sulfonamides is 1. The van der Waals surface area contributed by atoms with Gasteiger partial charge in [-0.2, -0.15) is 4.31 Å². The number of nitrogens with one attached hydrogen (secondary N) is 1. The van der Waals surface area contributed by atoms with Crippen molar-refractivity contribution in [2.24, 2.45) is 0 Å². The molecular weight excluding hydrogens is 581 g/mol. The van der Waals surface area contributed by atoms with E-state index in [0.717, 1.165) is 20.4 Å². The standard InChI is InChI=1S/C25H22IN3O3S2/c1-2-29(16-18-6-4-3-5-7-18)34(31,32)22-14-10-20(11-15-22)24(30)28-25-27-23(17-33-25)19-8-12-21(26)13-9-19/h3-15,17H,2,16H2,1H3,(H,27,28,30). The van der Waals surface area contributed by atoms with E-state index < -0.39 is 10.0 Å². The third-order valence-corrected chi connectivity index (χ3v) is 8.59. The maximum absolute atomic E-state index is 13.1. The van der Waals surface area contributed by atoms with Crippen LogP contribution in [0.15, 0.2) is 89.1 Å². The van der Waals surface area contributed by atoms with Gasteiger partial charge in [0.25, 0.3) is 5.91 Å². The molecule has 0 radical (unpaired) electrons. The third kappa shape index (κ3) is 5.72. The maximum atomic E-state index is 13.1. The van der Waals surface area contributed by atoms with Crippen molar-refractivity contribution in [1.82, 2.24) is 9.29 Å². The molecule has 1 heterocycles. The molecule has 34 heavy (non-hydrogen) atoms. The summed E-state index contributed by atoms with van der Waals surface area (Å²) in [6.45, 7) is 2.43. The zero-order valence-corrected chi connectivity index (χ0v) is 22.1. The van der Waals surface area contributed by atoms with Crippen molar-refractivity contribution in [2.75, 3.05) is 11.9 Å². The Balaban J connectivity index is 1.45. The molecular formula is C25H22IN3O3S2. The molecule has 1 aromatic heterocycles. The van der Waals surface area contributed by atoms with Crippen LogP contribution >= 0.6 is 33.9 Å². The van der Waals surface area contributed by atoms with Crippen molar-refractivity contribution in [3.63, 3.8) is 0 Å². The summed E-state index contributed by atoms with van der Waals surface area (Å²) in [4.78, 5) is 17.3. The summed E-state index contributed by atoms with van der Waals surface area (Å²) in [5, 5.41) is 5.16. The van der Waals surface area contributed by atoms with E-state index in [2.05, 4.69) is 32.9 Å². The lowest BCUT2D eigenvalue weighted by Gasteiger charge is -2.20. The van der Waals surface area contributed by atoms with E-state index in [1.807, 2.05) is 60.0 Å². The Morgan fingerprint density at radius 2 is 1.68 bits per heavy atom. The van der Waals surface area contributed by atoms with Crippen molar-refractivity contribution in [3.8, 4) is 11.3 Å². The highest BCUT2D eigenvalue weighted by molar-refractivity contribution is 14.1. The average Bonchev–Trinajstić information content (AvgIpc) is 3.32. The van der Waals surface area contributed by atoms with E-state index in [1.165, 1.54) is 39.9 Å². The lowest BCUT2D eigenvalue weighted by atomic mass is 10.2. The van der Waals surface area contributed by atoms with Crippen LogP contribution in [-0.2, 0) is 16.6 Å². The molecule has 1 N–H and O–H groups in total. The number of anilines is 1. The van der Waals surface area contributed by atoms with Gasteiger partial charge in [0, 0.05) is 33.2 Å². The summed E-state index contributed by atoms with van der Waals surface area (Å²) in [6, 6.07) is 23.4. The molecule has 4 aromatic rings. The lowest BCUT2D eigenvalue weighted by molar-refractivity contribution is 0.102. The lowest BCUT2D eigenvalue weighted by Crippen LogP contribution is -2.30. The fourth-order valence-corrected chi connectivity index (χ4v) is 5.85. The molecule has 3 aromatic carbocycles. The first-order valence-corrected chi connectivity index (χ1v) is 13.9. The summed E-state index contributed by atoms with van der Waals surface area (Å²) >= 11 is 3.58. The zero-order chi connectivity index (χ0) is 24.1. The third-order valence-electron chi connectivity index (χ3n) is 5.17. The smallest absolute Gasteiger partial charge is 0.257 e. The van der Waals surface area contributed by atoms with Crippen LogP contribution in [0, 0.1) is 3.57 Å². The van der Waals surface area contributed by atoms with Crippen LogP contribution in [0.25, 0.3) is 11.3 Å². The highest BCUT2D eigenvalue weighted by Crippen LogP contribution is 2.26. The molecule has 0 aliphatic rings. The Labute approximate surface area is 216 Å². The Bertz CT molecular complexity index is 1370. The summed E-state index contributed by atoms with van der Waals surface area (Å²) < 4.78 is 28.8. The van der Waals surface area contributed by atoms with Gasteiger partial charge in [-0.1, -0.05) is 49.4 Å². The SMILES string of the molecule is CCN(Cc1ccccc1)S(=O)(=O)c1ccc(C(=O)Nc2nc(-c3ccc(I)cc3)cs2)cc1. The average molecular weight is 604 g/mol. The fraction of sp³-hybridized carbons (Fsp3) is 0.120. The Morgan fingerprint density at radius 3 is 2.32 bits per heavy atom. The first kappa shape index (κ1) is 24.5. The van der Waals surface area contributed by atoms with E-state index in [0.29, 0.717) is 17.2 Å². The quantitative estimate of drug-likeness (QED) is 0.255. The van der Waals surface area contributed by atoms with Crippen LogP contribution in [0.1, 0.15) is 22.8 Å².